The third kappa shape index (κ3) is 6.65. The van der Waals surface area contributed by atoms with Gasteiger partial charge in [0, 0.05) is 37.3 Å². The molecule has 1 heterocycles. The van der Waals surface area contributed by atoms with Crippen molar-refractivity contribution in [1.29, 1.82) is 0 Å². The Balaban J connectivity index is 1.61. The van der Waals surface area contributed by atoms with Gasteiger partial charge in [0.25, 0.3) is 0 Å². The van der Waals surface area contributed by atoms with Gasteiger partial charge in [0.2, 0.25) is 0 Å². The number of hydrogen-bond donors (Lipinski definition) is 0. The van der Waals surface area contributed by atoms with E-state index < -0.39 is 5.82 Å². The standard InChI is InChI=1S/C34H33ClFN3/c1-2-3-21-39-32(33(28-15-9-5-10-16-28)37-34(39)29-17-11-6-12-18-29)25-38(23-26-13-7-4-8-14-26)24-27-19-20-31(36)30(35)22-27/h4-20,22H,2-3,21,23-25H2,1H3. The lowest BCUT2D eigenvalue weighted by molar-refractivity contribution is 0.241. The first-order valence-electron chi connectivity index (χ1n) is 13.5. The average Bonchev–Trinajstić information content (AvgIpc) is 3.33. The number of unbranched alkanes of at least 4 members (excludes halogenated alkanes) is 1. The summed E-state index contributed by atoms with van der Waals surface area (Å²) in [6.45, 7) is 5.15. The van der Waals surface area contributed by atoms with Gasteiger partial charge in [-0.2, -0.15) is 0 Å². The Hall–Kier alpha value is -3.73. The summed E-state index contributed by atoms with van der Waals surface area (Å²) in [7, 11) is 0. The first-order chi connectivity index (χ1) is 19.1. The first kappa shape index (κ1) is 26.9. The zero-order valence-electron chi connectivity index (χ0n) is 22.2. The molecule has 39 heavy (non-hydrogen) atoms. The molecule has 3 nitrogen and oxygen atoms in total. The van der Waals surface area contributed by atoms with Gasteiger partial charge in [-0.15, -0.1) is 0 Å². The normalized spacial score (nSPS) is 11.3. The minimum absolute atomic E-state index is 0.150. The minimum Gasteiger partial charge on any atom is -0.326 e. The van der Waals surface area contributed by atoms with Crippen LogP contribution in [0.5, 0.6) is 0 Å². The fourth-order valence-corrected chi connectivity index (χ4v) is 5.16. The number of halogens is 2. The van der Waals surface area contributed by atoms with Crippen LogP contribution < -0.4 is 0 Å². The highest BCUT2D eigenvalue weighted by Crippen LogP contribution is 2.32. The predicted molar refractivity (Wildman–Crippen MR) is 159 cm³/mol. The first-order valence-corrected chi connectivity index (χ1v) is 13.9. The van der Waals surface area contributed by atoms with Crippen molar-refractivity contribution in [1.82, 2.24) is 14.5 Å². The van der Waals surface area contributed by atoms with Crippen LogP contribution in [-0.2, 0) is 26.2 Å². The number of rotatable bonds is 11. The number of imidazole rings is 1. The lowest BCUT2D eigenvalue weighted by Gasteiger charge is -2.25. The largest absolute Gasteiger partial charge is 0.326 e. The Morgan fingerprint density at radius 3 is 2.00 bits per heavy atom. The number of benzene rings is 4. The van der Waals surface area contributed by atoms with Gasteiger partial charge in [-0.1, -0.05) is 122 Å². The zero-order valence-corrected chi connectivity index (χ0v) is 23.0. The van der Waals surface area contributed by atoms with E-state index in [0.29, 0.717) is 13.1 Å². The third-order valence-corrected chi connectivity index (χ3v) is 7.19. The smallest absolute Gasteiger partial charge is 0.141 e. The summed E-state index contributed by atoms with van der Waals surface area (Å²) in [5.74, 6) is 0.592. The van der Waals surface area contributed by atoms with Crippen molar-refractivity contribution >= 4 is 11.6 Å². The van der Waals surface area contributed by atoms with Crippen LogP contribution in [0.4, 0.5) is 4.39 Å². The van der Waals surface area contributed by atoms with Gasteiger partial charge in [-0.3, -0.25) is 4.90 Å². The van der Waals surface area contributed by atoms with E-state index in [-0.39, 0.29) is 5.02 Å². The Labute approximate surface area is 235 Å². The van der Waals surface area contributed by atoms with E-state index in [1.54, 1.807) is 6.07 Å². The van der Waals surface area contributed by atoms with Gasteiger partial charge in [0.1, 0.15) is 11.6 Å². The molecule has 0 saturated carbocycles. The Morgan fingerprint density at radius 2 is 1.36 bits per heavy atom. The van der Waals surface area contributed by atoms with Crippen LogP contribution in [0.2, 0.25) is 5.02 Å². The molecule has 4 aromatic carbocycles. The predicted octanol–water partition coefficient (Wildman–Crippen LogP) is 9.01. The second-order valence-electron chi connectivity index (χ2n) is 9.85. The van der Waals surface area contributed by atoms with Gasteiger partial charge < -0.3 is 4.57 Å². The Kier molecular flexibility index (Phi) is 8.87. The molecule has 0 radical (unpaired) electrons. The van der Waals surface area contributed by atoms with E-state index >= 15 is 0 Å². The highest BCUT2D eigenvalue weighted by atomic mass is 35.5. The summed E-state index contributed by atoms with van der Waals surface area (Å²) in [5, 5.41) is 0.150. The average molecular weight is 538 g/mol. The van der Waals surface area contributed by atoms with Crippen molar-refractivity contribution < 1.29 is 4.39 Å². The van der Waals surface area contributed by atoms with Crippen LogP contribution >= 0.6 is 11.6 Å². The maximum Gasteiger partial charge on any atom is 0.141 e. The van der Waals surface area contributed by atoms with Crippen LogP contribution in [0.15, 0.2) is 109 Å². The number of nitrogens with zero attached hydrogens (tertiary/aromatic N) is 3. The van der Waals surface area contributed by atoms with Crippen molar-refractivity contribution in [3.8, 4) is 22.6 Å². The quantitative estimate of drug-likeness (QED) is 0.167. The molecule has 0 fully saturated rings. The van der Waals surface area contributed by atoms with Crippen LogP contribution in [0.3, 0.4) is 0 Å². The van der Waals surface area contributed by atoms with Gasteiger partial charge in [-0.05, 0) is 29.7 Å². The van der Waals surface area contributed by atoms with E-state index in [2.05, 4.69) is 89.2 Å². The molecule has 0 saturated heterocycles. The van der Waals surface area contributed by atoms with Crippen molar-refractivity contribution in [2.45, 2.75) is 45.9 Å². The molecular weight excluding hydrogens is 505 g/mol. The maximum atomic E-state index is 13.9. The maximum absolute atomic E-state index is 13.9. The molecule has 198 valence electrons. The molecule has 0 aliphatic heterocycles. The van der Waals surface area contributed by atoms with Crippen molar-refractivity contribution in [2.75, 3.05) is 0 Å². The van der Waals surface area contributed by atoms with Crippen molar-refractivity contribution in [3.05, 3.63) is 137 Å². The van der Waals surface area contributed by atoms with Crippen LogP contribution in [0.25, 0.3) is 22.6 Å². The lowest BCUT2D eigenvalue weighted by Crippen LogP contribution is -2.24. The van der Waals surface area contributed by atoms with Crippen molar-refractivity contribution in [3.63, 3.8) is 0 Å². The van der Waals surface area contributed by atoms with E-state index in [1.165, 1.54) is 17.3 Å². The summed E-state index contributed by atoms with van der Waals surface area (Å²) in [5.41, 5.74) is 6.58. The highest BCUT2D eigenvalue weighted by Gasteiger charge is 2.22. The van der Waals surface area contributed by atoms with E-state index in [1.807, 2.05) is 24.3 Å². The molecule has 0 N–H and O–H groups in total. The second kappa shape index (κ2) is 12.9. The molecule has 0 bridgehead atoms. The lowest BCUT2D eigenvalue weighted by atomic mass is 10.1. The molecule has 5 rings (SSSR count). The highest BCUT2D eigenvalue weighted by molar-refractivity contribution is 6.30. The second-order valence-corrected chi connectivity index (χ2v) is 10.3. The van der Waals surface area contributed by atoms with Gasteiger partial charge >= 0.3 is 0 Å². The van der Waals surface area contributed by atoms with Gasteiger partial charge in [0.05, 0.1) is 16.4 Å². The summed E-state index contributed by atoms with van der Waals surface area (Å²) in [6.07, 6.45) is 2.15. The molecule has 0 unspecified atom stereocenters. The monoisotopic (exact) mass is 537 g/mol. The van der Waals surface area contributed by atoms with Gasteiger partial charge in [-0.25, -0.2) is 9.37 Å². The summed E-state index contributed by atoms with van der Waals surface area (Å²) >= 11 is 6.17. The topological polar surface area (TPSA) is 21.1 Å². The van der Waals surface area contributed by atoms with Crippen LogP contribution in [-0.4, -0.2) is 14.5 Å². The fourth-order valence-electron chi connectivity index (χ4n) is 4.96. The molecule has 0 aliphatic rings. The zero-order chi connectivity index (χ0) is 27.0. The minimum atomic E-state index is -0.397. The van der Waals surface area contributed by atoms with Crippen LogP contribution in [0, 0.1) is 5.82 Å². The summed E-state index contributed by atoms with van der Waals surface area (Å²) in [4.78, 5) is 7.65. The Morgan fingerprint density at radius 1 is 0.744 bits per heavy atom. The van der Waals surface area contributed by atoms with E-state index in [4.69, 9.17) is 16.6 Å². The number of aromatic nitrogens is 2. The molecular formula is C34H33ClFN3. The van der Waals surface area contributed by atoms with E-state index in [0.717, 1.165) is 54.1 Å². The SMILES string of the molecule is CCCCn1c(-c2ccccc2)nc(-c2ccccc2)c1CN(Cc1ccccc1)Cc1ccc(F)c(Cl)c1. The molecule has 0 aliphatic carbocycles. The molecule has 0 atom stereocenters. The molecule has 0 spiro atoms. The molecule has 0 amide bonds. The third-order valence-electron chi connectivity index (χ3n) is 6.90. The van der Waals surface area contributed by atoms with Crippen LogP contribution in [0.1, 0.15) is 36.6 Å². The summed E-state index contributed by atoms with van der Waals surface area (Å²) in [6, 6.07) is 36.3. The molecule has 1 aromatic heterocycles. The van der Waals surface area contributed by atoms with E-state index in [9.17, 15) is 4.39 Å². The van der Waals surface area contributed by atoms with Crippen molar-refractivity contribution in [2.24, 2.45) is 0 Å². The summed E-state index contributed by atoms with van der Waals surface area (Å²) < 4.78 is 16.3. The fraction of sp³-hybridized carbons (Fsp3) is 0.206. The Bertz CT molecular complexity index is 1480. The number of hydrogen-bond acceptors (Lipinski definition) is 2. The van der Waals surface area contributed by atoms with Gasteiger partial charge in [0.15, 0.2) is 0 Å². The molecule has 5 aromatic rings. The molecule has 5 heteroatoms.